The first-order valence-electron chi connectivity index (χ1n) is 6.01. The standard InChI is InChI=1S/C14H20N2O3/c1-9-10(12(17)19-5)7-6-8-11(9)16-13(18)14(2,3)15-4/h6-8,15H,1-5H3,(H,16,18). The van der Waals surface area contributed by atoms with Crippen LogP contribution in [0.2, 0.25) is 0 Å². The van der Waals surface area contributed by atoms with Gasteiger partial charge in [-0.05, 0) is 45.5 Å². The van der Waals surface area contributed by atoms with Gasteiger partial charge in [0.05, 0.1) is 18.2 Å². The number of hydrogen-bond acceptors (Lipinski definition) is 4. The maximum atomic E-state index is 12.1. The maximum absolute atomic E-state index is 12.1. The van der Waals surface area contributed by atoms with Gasteiger partial charge in [-0.3, -0.25) is 4.79 Å². The van der Waals surface area contributed by atoms with E-state index in [0.717, 1.165) is 0 Å². The highest BCUT2D eigenvalue weighted by atomic mass is 16.5. The largest absolute Gasteiger partial charge is 0.465 e. The predicted molar refractivity (Wildman–Crippen MR) is 74.3 cm³/mol. The monoisotopic (exact) mass is 264 g/mol. The molecule has 5 nitrogen and oxygen atoms in total. The Bertz CT molecular complexity index is 495. The van der Waals surface area contributed by atoms with Gasteiger partial charge in [-0.25, -0.2) is 4.79 Å². The zero-order chi connectivity index (χ0) is 14.6. The summed E-state index contributed by atoms with van der Waals surface area (Å²) in [5, 5.41) is 5.74. The first-order chi connectivity index (χ1) is 8.83. The van der Waals surface area contributed by atoms with Gasteiger partial charge in [-0.1, -0.05) is 6.07 Å². The van der Waals surface area contributed by atoms with Gasteiger partial charge < -0.3 is 15.4 Å². The van der Waals surface area contributed by atoms with E-state index in [1.54, 1.807) is 46.0 Å². The van der Waals surface area contributed by atoms with Crippen LogP contribution in [0, 0.1) is 6.92 Å². The van der Waals surface area contributed by atoms with E-state index in [-0.39, 0.29) is 5.91 Å². The minimum atomic E-state index is -0.687. The number of rotatable bonds is 4. The predicted octanol–water partition coefficient (Wildman–Crippen LogP) is 1.72. The van der Waals surface area contributed by atoms with Crippen molar-refractivity contribution in [2.75, 3.05) is 19.5 Å². The minimum absolute atomic E-state index is 0.167. The van der Waals surface area contributed by atoms with Gasteiger partial charge in [0, 0.05) is 5.69 Å². The van der Waals surface area contributed by atoms with Crippen molar-refractivity contribution in [1.82, 2.24) is 5.32 Å². The molecular weight excluding hydrogens is 244 g/mol. The van der Waals surface area contributed by atoms with Crippen molar-refractivity contribution in [1.29, 1.82) is 0 Å². The average molecular weight is 264 g/mol. The van der Waals surface area contributed by atoms with Crippen molar-refractivity contribution in [2.45, 2.75) is 26.3 Å². The van der Waals surface area contributed by atoms with Crippen LogP contribution in [-0.4, -0.2) is 31.6 Å². The molecule has 0 heterocycles. The summed E-state index contributed by atoms with van der Waals surface area (Å²) in [4.78, 5) is 23.7. The minimum Gasteiger partial charge on any atom is -0.465 e. The molecule has 1 amide bonds. The molecule has 0 aliphatic heterocycles. The Morgan fingerprint density at radius 2 is 1.89 bits per heavy atom. The number of nitrogens with one attached hydrogen (secondary N) is 2. The molecule has 1 rings (SSSR count). The number of hydrogen-bond donors (Lipinski definition) is 2. The van der Waals surface area contributed by atoms with Crippen molar-refractivity contribution < 1.29 is 14.3 Å². The van der Waals surface area contributed by atoms with Crippen molar-refractivity contribution in [3.8, 4) is 0 Å². The van der Waals surface area contributed by atoms with E-state index in [1.807, 2.05) is 0 Å². The summed E-state index contributed by atoms with van der Waals surface area (Å²) in [6, 6.07) is 5.13. The van der Waals surface area contributed by atoms with Crippen LogP contribution in [0.3, 0.4) is 0 Å². The van der Waals surface area contributed by atoms with Gasteiger partial charge in [0.15, 0.2) is 0 Å². The molecule has 5 heteroatoms. The molecule has 0 saturated carbocycles. The van der Waals surface area contributed by atoms with E-state index < -0.39 is 11.5 Å². The van der Waals surface area contributed by atoms with Crippen LogP contribution in [0.5, 0.6) is 0 Å². The average Bonchev–Trinajstić information content (AvgIpc) is 2.40. The number of carbonyl (C=O) groups is 2. The molecule has 2 N–H and O–H groups in total. The Morgan fingerprint density at radius 3 is 2.42 bits per heavy atom. The normalized spacial score (nSPS) is 11.0. The van der Waals surface area contributed by atoms with E-state index in [1.165, 1.54) is 7.11 Å². The Morgan fingerprint density at radius 1 is 1.26 bits per heavy atom. The molecule has 0 bridgehead atoms. The number of amides is 1. The van der Waals surface area contributed by atoms with Crippen LogP contribution >= 0.6 is 0 Å². The summed E-state index contributed by atoms with van der Waals surface area (Å²) in [6.45, 7) is 5.33. The summed E-state index contributed by atoms with van der Waals surface area (Å²) in [5.74, 6) is -0.582. The van der Waals surface area contributed by atoms with E-state index in [0.29, 0.717) is 16.8 Å². The van der Waals surface area contributed by atoms with Crippen LogP contribution in [0.15, 0.2) is 18.2 Å². The lowest BCUT2D eigenvalue weighted by Gasteiger charge is -2.23. The lowest BCUT2D eigenvalue weighted by Crippen LogP contribution is -2.48. The maximum Gasteiger partial charge on any atom is 0.338 e. The number of carbonyl (C=O) groups excluding carboxylic acids is 2. The van der Waals surface area contributed by atoms with Crippen LogP contribution < -0.4 is 10.6 Å². The first kappa shape index (κ1) is 15.2. The third kappa shape index (κ3) is 3.32. The Balaban J connectivity index is 3.04. The fraction of sp³-hybridized carbons (Fsp3) is 0.429. The highest BCUT2D eigenvalue weighted by Crippen LogP contribution is 2.20. The second kappa shape index (κ2) is 5.84. The second-order valence-corrected chi connectivity index (χ2v) is 4.80. The number of anilines is 1. The number of methoxy groups -OCH3 is 1. The topological polar surface area (TPSA) is 67.4 Å². The van der Waals surface area contributed by atoms with Crippen molar-refractivity contribution >= 4 is 17.6 Å². The van der Waals surface area contributed by atoms with Crippen molar-refractivity contribution in [3.05, 3.63) is 29.3 Å². The summed E-state index contributed by atoms with van der Waals surface area (Å²) in [6.07, 6.45) is 0. The molecule has 0 aliphatic rings. The zero-order valence-electron chi connectivity index (χ0n) is 12.0. The van der Waals surface area contributed by atoms with E-state index in [2.05, 4.69) is 10.6 Å². The first-order valence-corrected chi connectivity index (χ1v) is 6.01. The van der Waals surface area contributed by atoms with Gasteiger partial charge in [0.1, 0.15) is 0 Å². The van der Waals surface area contributed by atoms with E-state index >= 15 is 0 Å². The van der Waals surface area contributed by atoms with Gasteiger partial charge in [0.25, 0.3) is 0 Å². The highest BCUT2D eigenvalue weighted by molar-refractivity contribution is 6.00. The molecular formula is C14H20N2O3. The highest BCUT2D eigenvalue weighted by Gasteiger charge is 2.26. The zero-order valence-corrected chi connectivity index (χ0v) is 12.0. The fourth-order valence-corrected chi connectivity index (χ4v) is 1.49. The quantitative estimate of drug-likeness (QED) is 0.813. The third-order valence-corrected chi connectivity index (χ3v) is 3.18. The Labute approximate surface area is 113 Å². The smallest absolute Gasteiger partial charge is 0.338 e. The molecule has 0 atom stereocenters. The van der Waals surface area contributed by atoms with Crippen LogP contribution in [0.25, 0.3) is 0 Å². The lowest BCUT2D eigenvalue weighted by molar-refractivity contribution is -0.121. The lowest BCUT2D eigenvalue weighted by atomic mass is 10.0. The molecule has 0 spiro atoms. The van der Waals surface area contributed by atoms with Crippen molar-refractivity contribution in [3.63, 3.8) is 0 Å². The molecule has 0 fully saturated rings. The number of ether oxygens (including phenoxy) is 1. The van der Waals surface area contributed by atoms with Gasteiger partial charge in [-0.15, -0.1) is 0 Å². The summed E-state index contributed by atoms with van der Waals surface area (Å²) in [5.41, 5.74) is 1.06. The Kier molecular flexibility index (Phi) is 4.67. The molecule has 0 unspecified atom stereocenters. The van der Waals surface area contributed by atoms with Gasteiger partial charge in [0.2, 0.25) is 5.91 Å². The fourth-order valence-electron chi connectivity index (χ4n) is 1.49. The van der Waals surface area contributed by atoms with Crippen LogP contribution in [0.1, 0.15) is 29.8 Å². The second-order valence-electron chi connectivity index (χ2n) is 4.80. The van der Waals surface area contributed by atoms with Crippen LogP contribution in [-0.2, 0) is 9.53 Å². The number of esters is 1. The van der Waals surface area contributed by atoms with E-state index in [4.69, 9.17) is 4.74 Å². The number of benzene rings is 1. The SMILES string of the molecule is CNC(C)(C)C(=O)Nc1cccc(C(=O)OC)c1C. The Hall–Kier alpha value is -1.88. The summed E-state index contributed by atoms with van der Waals surface area (Å²) >= 11 is 0. The van der Waals surface area contributed by atoms with Gasteiger partial charge in [-0.2, -0.15) is 0 Å². The van der Waals surface area contributed by atoms with Crippen LogP contribution in [0.4, 0.5) is 5.69 Å². The molecule has 104 valence electrons. The van der Waals surface area contributed by atoms with Gasteiger partial charge >= 0.3 is 5.97 Å². The molecule has 19 heavy (non-hydrogen) atoms. The summed E-state index contributed by atoms with van der Waals surface area (Å²) < 4.78 is 4.70. The third-order valence-electron chi connectivity index (χ3n) is 3.18. The molecule has 0 aromatic heterocycles. The van der Waals surface area contributed by atoms with E-state index in [9.17, 15) is 9.59 Å². The molecule has 1 aromatic rings. The van der Waals surface area contributed by atoms with Crippen molar-refractivity contribution in [2.24, 2.45) is 0 Å². The summed E-state index contributed by atoms with van der Waals surface area (Å²) in [7, 11) is 3.05. The molecule has 0 radical (unpaired) electrons. The molecule has 0 saturated heterocycles. The number of likely N-dealkylation sites (N-methyl/N-ethyl adjacent to an activating group) is 1. The molecule has 1 aromatic carbocycles. The molecule has 0 aliphatic carbocycles.